The smallest absolute Gasteiger partial charge is 0.444 e. The molecule has 7 amide bonds. The molecular weight excluding hydrogens is 1520 g/mol. The first kappa shape index (κ1) is 93.9. The quantitative estimate of drug-likeness (QED) is 0.0843. The third-order valence-electron chi connectivity index (χ3n) is 15.8. The van der Waals surface area contributed by atoms with Gasteiger partial charge in [-0.15, -0.1) is 0 Å². The summed E-state index contributed by atoms with van der Waals surface area (Å²) in [5.41, 5.74) is -1.41. The number of hydrogen-bond acceptors (Lipinski definition) is 19. The lowest BCUT2D eigenvalue weighted by atomic mass is 8.44. The van der Waals surface area contributed by atoms with Gasteiger partial charge in [-0.2, -0.15) is 0 Å². The van der Waals surface area contributed by atoms with E-state index in [9.17, 15) is 33.6 Å². The van der Waals surface area contributed by atoms with Crippen LogP contribution in [0.4, 0.5) is 31.8 Å². The molecule has 0 unspecified atom stereocenters. The number of amides is 7. The van der Waals surface area contributed by atoms with Gasteiger partial charge in [-0.1, -0.05) is 19.6 Å². The molecule has 5 aliphatic rings. The Balaban J connectivity index is 0.000000339. The third kappa shape index (κ3) is 31.3. The average Bonchev–Trinajstić information content (AvgIpc) is 1.63. The maximum Gasteiger partial charge on any atom is 0.496 e. The van der Waals surface area contributed by atoms with Crippen LogP contribution >= 0.6 is 47.8 Å². The number of carbonyl (C=O) groups is 7. The number of piperazine rings is 4. The van der Waals surface area contributed by atoms with E-state index in [1.807, 2.05) is 52.0 Å². The monoisotopic (exact) mass is 1610 g/mol. The molecule has 4 aromatic heterocycles. The molecule has 5 saturated heterocycles. The number of rotatable bonds is 11. The van der Waals surface area contributed by atoms with Crippen LogP contribution in [0.2, 0.25) is 0 Å². The molecule has 9 heterocycles. The van der Waals surface area contributed by atoms with Gasteiger partial charge in [0.2, 0.25) is 23.6 Å². The highest BCUT2D eigenvalue weighted by Crippen LogP contribution is 2.36. The fraction of sp³-hybridized carbons (Fsp3) is 0.534. The topological polar surface area (TPSA) is 301 Å². The van der Waals surface area contributed by atoms with Crippen molar-refractivity contribution < 1.29 is 67.1 Å². The van der Waals surface area contributed by atoms with E-state index in [0.29, 0.717) is 75.3 Å². The molecule has 5 fully saturated rings. The first-order chi connectivity index (χ1) is 48.1. The maximum absolute atomic E-state index is 12.6. The van der Waals surface area contributed by atoms with Crippen LogP contribution in [0.3, 0.4) is 0 Å². The van der Waals surface area contributed by atoms with Gasteiger partial charge in [-0.3, -0.25) is 48.6 Å². The average molecular weight is 1610 g/mol. The van der Waals surface area contributed by atoms with E-state index in [4.69, 9.17) is 103 Å². The molecule has 0 aliphatic carbocycles. The number of ether oxygens (including phenoxy) is 3. The zero-order chi connectivity index (χ0) is 78.6. The number of aromatic nitrogens is 4. The SMILES string of the molecule is Brc1ccc(Br)nc1.C.CC(C)(C)OC(=O)N1CCN(c2ccc(B3OC(C)(C)C(C)(C)O3)cn2)C(=O)C1.CC(C)(C)OC(=O)N1CCN(c2ccc(Br)cn2)C(=O)C1.CC(C)(C)OC(=O)N1CCNC(=O)C1.O=C1CNCCN1c1ccc(B(O)O)cn1.[B]B([B])B([B])B(B([B])[B])B(B([B])[B])B([B])[B]. The summed E-state index contributed by atoms with van der Waals surface area (Å²) >= 11 is 9.78. The Morgan fingerprint density at radius 2 is 0.924 bits per heavy atom. The Morgan fingerprint density at radius 1 is 0.514 bits per heavy atom. The molecule has 534 valence electrons. The number of nitrogens with one attached hydrogen (secondary N) is 2. The number of pyridine rings is 4. The lowest BCUT2D eigenvalue weighted by molar-refractivity contribution is -0.124. The van der Waals surface area contributed by atoms with Crippen LogP contribution in [-0.4, -0.2) is 322 Å². The summed E-state index contributed by atoms with van der Waals surface area (Å²) in [5, 5.41) is 23.4. The fourth-order valence-corrected chi connectivity index (χ4v) is 10.5. The lowest BCUT2D eigenvalue weighted by Gasteiger charge is -2.37. The Morgan fingerprint density at radius 3 is 1.26 bits per heavy atom. The van der Waals surface area contributed by atoms with E-state index in [2.05, 4.69) is 78.4 Å². The first-order valence-corrected chi connectivity index (χ1v) is 35.6. The maximum atomic E-state index is 12.6. The number of halogens is 3. The molecule has 18 radical (unpaired) electrons. The highest BCUT2D eigenvalue weighted by molar-refractivity contribution is 9.11. The van der Waals surface area contributed by atoms with Crippen LogP contribution in [0.15, 0.2) is 86.9 Å². The van der Waals surface area contributed by atoms with Gasteiger partial charge in [-0.25, -0.2) is 34.3 Å². The van der Waals surface area contributed by atoms with Gasteiger partial charge < -0.3 is 44.2 Å². The van der Waals surface area contributed by atoms with E-state index in [0.717, 1.165) is 25.6 Å². The summed E-state index contributed by atoms with van der Waals surface area (Å²) in [4.78, 5) is 109. The molecule has 47 heteroatoms. The van der Waals surface area contributed by atoms with Crippen LogP contribution in [-0.2, 0) is 42.7 Å². The van der Waals surface area contributed by atoms with Crippen molar-refractivity contribution in [2.24, 2.45) is 0 Å². The van der Waals surface area contributed by atoms with Crippen LogP contribution in [0.1, 0.15) is 97.4 Å². The standard InChI is InChI=1S/C20H30BN3O5.C14H18BrN3O3.C9H12BN3O3.C9H16N2O3.C5H3Br2N.CH4.B16/c1-18(2,3)27-17(26)23-10-11-24(16(25)13-23)15-9-8-14(12-22-15)21-28-19(4,5)20(6,7)29-21;1-14(2,3)21-13(20)17-6-7-18(12(19)9-17)11-5-4-10(15)8-16-11;14-9-6-11-3-4-13(9)8-2-1-7(5-12-8)10(15)16;1-9(2,3)14-8(13)11-5-4-10-7(12)6-11;6-4-1-2-5(7)8-3-4;;1-10(2)14(9)16(13(7)8)15(11(3)4)12(5)6/h8-9,12H,10-11,13H2,1-7H3;4-5,8H,6-7,9H2,1-3H3;1-2,5,11,15-16H,3-4,6H2;4-6H2,1-3H3,(H,10,12);1-3H;1H4;. The van der Waals surface area contributed by atoms with Crippen LogP contribution in [0.5, 0.6) is 0 Å². The first-order valence-electron chi connectivity index (χ1n) is 33.3. The summed E-state index contributed by atoms with van der Waals surface area (Å²) in [6.07, 6.45) is 0.0277. The Kier molecular flexibility index (Phi) is 37.6. The summed E-state index contributed by atoms with van der Waals surface area (Å²) in [6, 6.07) is 14.2. The Bertz CT molecular complexity index is 3420. The molecule has 0 bridgehead atoms. The van der Waals surface area contributed by atoms with E-state index in [1.54, 1.807) is 120 Å². The van der Waals surface area contributed by atoms with Gasteiger partial charge in [0.05, 0.1) is 17.7 Å². The molecule has 0 atom stereocenters. The van der Waals surface area contributed by atoms with Gasteiger partial charge in [0.1, 0.15) is 58.5 Å². The highest BCUT2D eigenvalue weighted by Gasteiger charge is 2.52. The van der Waals surface area contributed by atoms with Crippen LogP contribution in [0, 0.1) is 0 Å². The van der Waals surface area contributed by atoms with Crippen LogP contribution < -0.4 is 36.3 Å². The summed E-state index contributed by atoms with van der Waals surface area (Å²) < 4.78 is 30.5. The van der Waals surface area contributed by atoms with E-state index in [1.165, 1.54) is 20.9 Å². The van der Waals surface area contributed by atoms with Crippen molar-refractivity contribution >= 4 is 247 Å². The predicted octanol–water partition coefficient (Wildman–Crippen LogP) is -0.407. The molecule has 0 aromatic carbocycles. The predicted molar refractivity (Wildman–Crippen MR) is 441 cm³/mol. The second-order valence-electron chi connectivity index (χ2n) is 28.4. The molecule has 9 rings (SSSR count). The van der Waals surface area contributed by atoms with E-state index in [-0.39, 0.29) is 50.7 Å². The zero-order valence-corrected chi connectivity index (χ0v) is 66.0. The zero-order valence-electron chi connectivity index (χ0n) is 61.2. The minimum absolute atomic E-state index is 0. The summed E-state index contributed by atoms with van der Waals surface area (Å²) in [7, 11) is 48.3. The molecule has 5 aliphatic heterocycles. The second-order valence-corrected chi connectivity index (χ2v) is 31.0. The summed E-state index contributed by atoms with van der Waals surface area (Å²) in [5.74, 6) is 1.14. The molecule has 105 heavy (non-hydrogen) atoms. The Hall–Kier alpha value is -5.30. The van der Waals surface area contributed by atoms with Crippen molar-refractivity contribution in [3.63, 3.8) is 0 Å². The van der Waals surface area contributed by atoms with Gasteiger partial charge in [0.25, 0.3) is 0 Å². The third-order valence-corrected chi connectivity index (χ3v) is 17.2. The number of carbonyl (C=O) groups excluding carboxylic acids is 7. The van der Waals surface area contributed by atoms with E-state index >= 15 is 0 Å². The number of nitrogens with zero attached hydrogens (tertiary/aromatic N) is 10. The van der Waals surface area contributed by atoms with Crippen molar-refractivity contribution in [3.8, 4) is 0 Å². The molecular formula is C58H83B18Br3N12O14. The van der Waals surface area contributed by atoms with Gasteiger partial charge in [0.15, 0.2) is 0 Å². The van der Waals surface area contributed by atoms with E-state index < -0.39 is 105 Å². The summed E-state index contributed by atoms with van der Waals surface area (Å²) in [6.45, 7) is 28.5. The number of anilines is 3. The van der Waals surface area contributed by atoms with Gasteiger partial charge in [0, 0.05) is 211 Å². The second kappa shape index (κ2) is 42.0. The normalized spacial score (nSPS) is 16.1. The van der Waals surface area contributed by atoms with Gasteiger partial charge >= 0.3 is 32.5 Å². The fourth-order valence-electron chi connectivity index (χ4n) is 9.83. The molecule has 0 saturated carbocycles. The largest absolute Gasteiger partial charge is 0.496 e. The van der Waals surface area contributed by atoms with Crippen molar-refractivity contribution in [2.45, 2.75) is 125 Å². The molecule has 26 nitrogen and oxygen atoms in total. The number of hydrogen-bond donors (Lipinski definition) is 4. The van der Waals surface area contributed by atoms with Crippen molar-refractivity contribution in [3.05, 3.63) is 86.9 Å². The van der Waals surface area contributed by atoms with Crippen LogP contribution in [0.25, 0.3) is 0 Å². The van der Waals surface area contributed by atoms with Gasteiger partial charge in [-0.05, 0) is 174 Å². The van der Waals surface area contributed by atoms with Crippen molar-refractivity contribution in [2.75, 3.05) is 93.2 Å². The Labute approximate surface area is 660 Å². The van der Waals surface area contributed by atoms with Crippen molar-refractivity contribution in [1.82, 2.24) is 45.3 Å². The molecule has 0 spiro atoms. The van der Waals surface area contributed by atoms with Crippen molar-refractivity contribution in [1.29, 1.82) is 0 Å². The highest BCUT2D eigenvalue weighted by atomic mass is 79.9. The minimum Gasteiger partial charge on any atom is -0.444 e. The molecule has 4 aromatic rings. The molecule has 4 N–H and O–H groups in total. The minimum atomic E-state index is -1.53. The lowest BCUT2D eigenvalue weighted by Crippen LogP contribution is -2.75.